The minimum Gasteiger partial charge on any atom is -0.348 e. The minimum absolute atomic E-state index is 0. The number of carbonyl (C=O) groups excluding carboxylic acids is 1. The zero-order chi connectivity index (χ0) is 19.7. The first-order valence-electron chi connectivity index (χ1n) is 9.09. The van der Waals surface area contributed by atoms with Crippen molar-refractivity contribution < 1.29 is 4.79 Å². The average Bonchev–Trinajstić information content (AvgIpc) is 3.12. The number of imidazole rings is 1. The lowest BCUT2D eigenvalue weighted by Gasteiger charge is -2.10. The molecule has 0 saturated carbocycles. The summed E-state index contributed by atoms with van der Waals surface area (Å²) in [4.78, 5) is 17.1. The molecule has 1 amide bonds. The Balaban J connectivity index is 0.00000240. The molecule has 1 heterocycles. The molecule has 6 heteroatoms. The van der Waals surface area contributed by atoms with Crippen LogP contribution in [0.4, 0.5) is 0 Å². The lowest BCUT2D eigenvalue weighted by Crippen LogP contribution is -2.22. The van der Waals surface area contributed by atoms with Gasteiger partial charge in [0.1, 0.15) is 6.33 Å². The van der Waals surface area contributed by atoms with Crippen molar-refractivity contribution in [2.24, 2.45) is 0 Å². The van der Waals surface area contributed by atoms with Gasteiger partial charge in [-0.15, -0.1) is 12.4 Å². The smallest absolute Gasteiger partial charge is 0.251 e. The first-order chi connectivity index (χ1) is 13.5. The van der Waals surface area contributed by atoms with Gasteiger partial charge in [0.15, 0.2) is 0 Å². The SMILES string of the molecule is Cc1ccc(C)c(-n2cnc3cc(C(=O)NCc4ccccc4Cl)ccc32)c1.Cl. The van der Waals surface area contributed by atoms with E-state index in [-0.39, 0.29) is 18.3 Å². The Morgan fingerprint density at radius 1 is 1.07 bits per heavy atom. The number of carbonyl (C=O) groups is 1. The highest BCUT2D eigenvalue weighted by Gasteiger charge is 2.12. The molecule has 0 aliphatic rings. The van der Waals surface area contributed by atoms with Gasteiger partial charge in [0.2, 0.25) is 0 Å². The van der Waals surface area contributed by atoms with Gasteiger partial charge in [-0.3, -0.25) is 9.36 Å². The molecule has 1 N–H and O–H groups in total. The third-order valence-corrected chi connectivity index (χ3v) is 5.20. The van der Waals surface area contributed by atoms with Crippen molar-refractivity contribution in [3.8, 4) is 5.69 Å². The summed E-state index contributed by atoms with van der Waals surface area (Å²) in [6, 6.07) is 19.4. The van der Waals surface area contributed by atoms with Crippen molar-refractivity contribution in [3.05, 3.63) is 94.3 Å². The second-order valence-electron chi connectivity index (χ2n) is 6.88. The lowest BCUT2D eigenvalue weighted by atomic mass is 10.1. The maximum Gasteiger partial charge on any atom is 0.251 e. The Labute approximate surface area is 180 Å². The van der Waals surface area contributed by atoms with Gasteiger partial charge in [-0.25, -0.2) is 4.98 Å². The predicted molar refractivity (Wildman–Crippen MR) is 120 cm³/mol. The monoisotopic (exact) mass is 425 g/mol. The molecule has 0 aliphatic carbocycles. The Morgan fingerprint density at radius 2 is 1.86 bits per heavy atom. The predicted octanol–water partition coefficient (Wildman–Crippen LogP) is 5.65. The number of nitrogens with zero attached hydrogens (tertiary/aromatic N) is 2. The van der Waals surface area contributed by atoms with E-state index < -0.39 is 0 Å². The van der Waals surface area contributed by atoms with Gasteiger partial charge >= 0.3 is 0 Å². The number of aryl methyl sites for hydroxylation is 2. The zero-order valence-electron chi connectivity index (χ0n) is 16.1. The molecular formula is C23H21Cl2N3O. The number of fused-ring (bicyclic) bond motifs is 1. The van der Waals surface area contributed by atoms with Crippen LogP contribution in [0.25, 0.3) is 16.7 Å². The molecule has 0 aliphatic heterocycles. The molecule has 0 radical (unpaired) electrons. The fourth-order valence-corrected chi connectivity index (χ4v) is 3.45. The number of halogens is 2. The van der Waals surface area contributed by atoms with Gasteiger partial charge in [0.05, 0.1) is 16.7 Å². The molecule has 3 aromatic carbocycles. The third-order valence-electron chi connectivity index (χ3n) is 4.83. The Hall–Kier alpha value is -2.82. The van der Waals surface area contributed by atoms with Crippen molar-refractivity contribution >= 4 is 40.9 Å². The Bertz CT molecular complexity index is 1180. The van der Waals surface area contributed by atoms with Gasteiger partial charge in [-0.1, -0.05) is 41.9 Å². The molecule has 0 atom stereocenters. The average molecular weight is 426 g/mol. The van der Waals surface area contributed by atoms with Gasteiger partial charge in [-0.05, 0) is 60.9 Å². The van der Waals surface area contributed by atoms with E-state index in [9.17, 15) is 4.79 Å². The number of hydrogen-bond acceptors (Lipinski definition) is 2. The van der Waals surface area contributed by atoms with E-state index >= 15 is 0 Å². The first-order valence-corrected chi connectivity index (χ1v) is 9.47. The molecule has 0 fully saturated rings. The summed E-state index contributed by atoms with van der Waals surface area (Å²) in [5.74, 6) is -0.150. The zero-order valence-corrected chi connectivity index (χ0v) is 17.7. The van der Waals surface area contributed by atoms with Crippen LogP contribution in [-0.4, -0.2) is 15.5 Å². The highest BCUT2D eigenvalue weighted by molar-refractivity contribution is 6.31. The number of rotatable bonds is 4. The highest BCUT2D eigenvalue weighted by Crippen LogP contribution is 2.23. The van der Waals surface area contributed by atoms with Crippen LogP contribution in [0.1, 0.15) is 27.0 Å². The molecule has 148 valence electrons. The van der Waals surface area contributed by atoms with Crippen LogP contribution in [0.2, 0.25) is 5.02 Å². The maximum atomic E-state index is 12.6. The molecule has 4 aromatic rings. The van der Waals surface area contributed by atoms with E-state index in [0.717, 1.165) is 22.3 Å². The van der Waals surface area contributed by atoms with E-state index in [4.69, 9.17) is 11.6 Å². The summed E-state index contributed by atoms with van der Waals surface area (Å²) in [7, 11) is 0. The third kappa shape index (κ3) is 4.29. The lowest BCUT2D eigenvalue weighted by molar-refractivity contribution is 0.0951. The number of amides is 1. The topological polar surface area (TPSA) is 46.9 Å². The molecular weight excluding hydrogens is 405 g/mol. The summed E-state index contributed by atoms with van der Waals surface area (Å²) in [6.07, 6.45) is 1.80. The maximum absolute atomic E-state index is 12.6. The molecule has 0 saturated heterocycles. The van der Waals surface area contributed by atoms with E-state index in [2.05, 4.69) is 46.9 Å². The Morgan fingerprint density at radius 3 is 2.66 bits per heavy atom. The van der Waals surface area contributed by atoms with Crippen LogP contribution in [-0.2, 0) is 6.54 Å². The largest absolute Gasteiger partial charge is 0.348 e. The molecule has 0 unspecified atom stereocenters. The van der Waals surface area contributed by atoms with Crippen molar-refractivity contribution in [3.63, 3.8) is 0 Å². The molecule has 29 heavy (non-hydrogen) atoms. The van der Waals surface area contributed by atoms with Crippen molar-refractivity contribution in [1.29, 1.82) is 0 Å². The van der Waals surface area contributed by atoms with Gasteiger partial charge in [0, 0.05) is 17.1 Å². The summed E-state index contributed by atoms with van der Waals surface area (Å²) in [5, 5.41) is 3.56. The molecule has 4 nitrogen and oxygen atoms in total. The van der Waals surface area contributed by atoms with Crippen LogP contribution < -0.4 is 5.32 Å². The van der Waals surface area contributed by atoms with E-state index in [1.165, 1.54) is 11.1 Å². The summed E-state index contributed by atoms with van der Waals surface area (Å²) in [6.45, 7) is 4.54. The molecule has 4 rings (SSSR count). The van der Waals surface area contributed by atoms with Crippen LogP contribution in [0, 0.1) is 13.8 Å². The van der Waals surface area contributed by atoms with Gasteiger partial charge < -0.3 is 5.32 Å². The van der Waals surface area contributed by atoms with Crippen molar-refractivity contribution in [1.82, 2.24) is 14.9 Å². The van der Waals surface area contributed by atoms with Crippen LogP contribution in [0.3, 0.4) is 0 Å². The van der Waals surface area contributed by atoms with Crippen LogP contribution in [0.15, 0.2) is 67.0 Å². The first kappa shape index (κ1) is 20.9. The fourth-order valence-electron chi connectivity index (χ4n) is 3.24. The van der Waals surface area contributed by atoms with Gasteiger partial charge in [-0.2, -0.15) is 0 Å². The number of hydrogen-bond donors (Lipinski definition) is 1. The number of nitrogens with one attached hydrogen (secondary N) is 1. The fraction of sp³-hybridized carbons (Fsp3) is 0.130. The minimum atomic E-state index is -0.150. The Kier molecular flexibility index (Phi) is 6.26. The number of aromatic nitrogens is 2. The van der Waals surface area contributed by atoms with Crippen molar-refractivity contribution in [2.45, 2.75) is 20.4 Å². The van der Waals surface area contributed by atoms with Gasteiger partial charge in [0.25, 0.3) is 5.91 Å². The highest BCUT2D eigenvalue weighted by atomic mass is 35.5. The van der Waals surface area contributed by atoms with Crippen LogP contribution >= 0.6 is 24.0 Å². The number of benzene rings is 3. The summed E-state index contributed by atoms with van der Waals surface area (Å²) < 4.78 is 2.06. The second-order valence-corrected chi connectivity index (χ2v) is 7.29. The van der Waals surface area contributed by atoms with E-state index in [0.29, 0.717) is 17.1 Å². The van der Waals surface area contributed by atoms with Crippen molar-refractivity contribution in [2.75, 3.05) is 0 Å². The second kappa shape index (κ2) is 8.68. The van der Waals surface area contributed by atoms with E-state index in [1.54, 1.807) is 6.33 Å². The van der Waals surface area contributed by atoms with E-state index in [1.807, 2.05) is 42.5 Å². The van der Waals surface area contributed by atoms with Crippen LogP contribution in [0.5, 0.6) is 0 Å². The normalized spacial score (nSPS) is 10.6. The molecule has 0 bridgehead atoms. The standard InChI is InChI=1S/C23H20ClN3O.ClH/c1-15-7-8-16(2)22(11-15)27-14-26-20-12-17(9-10-21(20)27)23(28)25-13-18-5-3-4-6-19(18)24;/h3-12,14H,13H2,1-2H3,(H,25,28);1H. The quantitative estimate of drug-likeness (QED) is 0.459. The molecule has 0 spiro atoms. The molecule has 1 aromatic heterocycles. The summed E-state index contributed by atoms with van der Waals surface area (Å²) in [5.41, 5.74) is 6.68. The summed E-state index contributed by atoms with van der Waals surface area (Å²) >= 11 is 6.15.